The number of amides is 1. The number of nitrogens with one attached hydrogen (secondary N) is 2. The molecule has 0 aromatic heterocycles. The summed E-state index contributed by atoms with van der Waals surface area (Å²) < 4.78 is 28.2. The summed E-state index contributed by atoms with van der Waals surface area (Å²) in [6, 6.07) is 9.06. The summed E-state index contributed by atoms with van der Waals surface area (Å²) in [5, 5.41) is 3.59. The van der Waals surface area contributed by atoms with E-state index >= 15 is 0 Å². The monoisotopic (exact) mass is 517 g/mol. The molecule has 2 N–H and O–H groups in total. The number of hydrogen-bond acceptors (Lipinski definition) is 4. The third kappa shape index (κ3) is 6.08. The number of sulfonamides is 1. The van der Waals surface area contributed by atoms with Crippen LogP contribution >= 0.6 is 34.8 Å². The van der Waals surface area contributed by atoms with E-state index in [1.165, 1.54) is 12.1 Å². The number of rotatable bonds is 7. The second-order valence-electron chi connectivity index (χ2n) is 7.74. The van der Waals surface area contributed by atoms with Crippen molar-refractivity contribution in [2.45, 2.75) is 43.5 Å². The summed E-state index contributed by atoms with van der Waals surface area (Å²) in [5.74, 6) is -0.108. The maximum absolute atomic E-state index is 13.3. The molecule has 1 unspecified atom stereocenters. The van der Waals surface area contributed by atoms with Crippen LogP contribution in [0.15, 0.2) is 41.3 Å². The molecule has 0 spiro atoms. The molecule has 2 aromatic rings. The van der Waals surface area contributed by atoms with E-state index < -0.39 is 10.0 Å². The molecule has 1 aliphatic heterocycles. The zero-order valence-corrected chi connectivity index (χ0v) is 20.8. The quantitative estimate of drug-likeness (QED) is 0.478. The van der Waals surface area contributed by atoms with Gasteiger partial charge in [-0.25, -0.2) is 8.42 Å². The molecule has 6 nitrogen and oxygen atoms in total. The molecule has 1 saturated heterocycles. The van der Waals surface area contributed by atoms with Crippen LogP contribution in [0.2, 0.25) is 15.1 Å². The van der Waals surface area contributed by atoms with Crippen molar-refractivity contribution in [3.05, 3.63) is 57.0 Å². The first-order valence-corrected chi connectivity index (χ1v) is 13.1. The van der Waals surface area contributed by atoms with E-state index in [1.807, 2.05) is 4.90 Å². The molecule has 1 amide bonds. The Bertz CT molecular complexity index is 1080. The summed E-state index contributed by atoms with van der Waals surface area (Å²) in [4.78, 5) is 15.0. The Morgan fingerprint density at radius 2 is 1.91 bits per heavy atom. The fourth-order valence-electron chi connectivity index (χ4n) is 3.70. The lowest BCUT2D eigenvalue weighted by molar-refractivity contribution is 0.0682. The molecular weight excluding hydrogens is 493 g/mol. The van der Waals surface area contributed by atoms with E-state index in [2.05, 4.69) is 17.0 Å². The van der Waals surface area contributed by atoms with Gasteiger partial charge in [0.25, 0.3) is 15.9 Å². The third-order valence-electron chi connectivity index (χ3n) is 5.35. The number of benzene rings is 2. The minimum absolute atomic E-state index is 0.0463. The van der Waals surface area contributed by atoms with Crippen molar-refractivity contribution < 1.29 is 13.2 Å². The van der Waals surface area contributed by atoms with Crippen molar-refractivity contribution >= 4 is 56.4 Å². The number of halogens is 3. The Hall–Kier alpha value is -1.51. The van der Waals surface area contributed by atoms with Crippen molar-refractivity contribution in [2.24, 2.45) is 0 Å². The lowest BCUT2D eigenvalue weighted by atomic mass is 10.1. The van der Waals surface area contributed by atoms with Crippen LogP contribution in [0, 0.1) is 0 Å². The lowest BCUT2D eigenvalue weighted by Gasteiger charge is -2.30. The second kappa shape index (κ2) is 11.1. The van der Waals surface area contributed by atoms with E-state index in [1.54, 1.807) is 24.3 Å². The Labute approximate surface area is 204 Å². The summed E-state index contributed by atoms with van der Waals surface area (Å²) in [6.45, 7) is 4.42. The van der Waals surface area contributed by atoms with Crippen LogP contribution in [-0.4, -0.2) is 44.9 Å². The minimum Gasteiger partial charge on any atom is -0.334 e. The molecule has 0 aliphatic carbocycles. The van der Waals surface area contributed by atoms with Gasteiger partial charge in [-0.2, -0.15) is 0 Å². The highest BCUT2D eigenvalue weighted by molar-refractivity contribution is 7.92. The number of carbonyl (C=O) groups is 1. The van der Waals surface area contributed by atoms with Crippen LogP contribution in [0.4, 0.5) is 5.69 Å². The Morgan fingerprint density at radius 1 is 1.16 bits per heavy atom. The van der Waals surface area contributed by atoms with Gasteiger partial charge in [0.05, 0.1) is 15.1 Å². The maximum atomic E-state index is 13.3. The molecule has 10 heteroatoms. The van der Waals surface area contributed by atoms with Gasteiger partial charge in [-0.1, -0.05) is 60.6 Å². The Kier molecular flexibility index (Phi) is 8.69. The van der Waals surface area contributed by atoms with Crippen LogP contribution in [0.3, 0.4) is 0 Å². The van der Waals surface area contributed by atoms with Crippen molar-refractivity contribution in [1.82, 2.24) is 10.2 Å². The zero-order chi connectivity index (χ0) is 23.3. The molecule has 1 atom stereocenters. The highest BCUT2D eigenvalue weighted by Crippen LogP contribution is 2.32. The molecule has 0 bridgehead atoms. The molecule has 2 aromatic carbocycles. The van der Waals surface area contributed by atoms with E-state index in [0.717, 1.165) is 38.8 Å². The average Bonchev–Trinajstić information content (AvgIpc) is 2.99. The zero-order valence-electron chi connectivity index (χ0n) is 17.7. The normalized spacial score (nSPS) is 17.1. The molecule has 3 rings (SSSR count). The first kappa shape index (κ1) is 25.1. The molecule has 174 valence electrons. The SMILES string of the molecule is CCCCC1CNCCCN1C(=O)c1cccc(NS(=O)(=O)c2cc(Cl)c(Cl)cc2Cl)c1. The van der Waals surface area contributed by atoms with Crippen LogP contribution in [0.5, 0.6) is 0 Å². The molecule has 1 fully saturated rings. The Morgan fingerprint density at radius 3 is 2.66 bits per heavy atom. The first-order chi connectivity index (χ1) is 15.2. The smallest absolute Gasteiger partial charge is 0.263 e. The van der Waals surface area contributed by atoms with E-state index in [9.17, 15) is 13.2 Å². The van der Waals surface area contributed by atoms with E-state index in [4.69, 9.17) is 34.8 Å². The highest BCUT2D eigenvalue weighted by atomic mass is 35.5. The van der Waals surface area contributed by atoms with E-state index in [0.29, 0.717) is 12.1 Å². The van der Waals surface area contributed by atoms with Gasteiger partial charge in [-0.05, 0) is 49.7 Å². The molecule has 32 heavy (non-hydrogen) atoms. The summed E-state index contributed by atoms with van der Waals surface area (Å²) in [5.41, 5.74) is 0.685. The van der Waals surface area contributed by atoms with Gasteiger partial charge in [-0.15, -0.1) is 0 Å². The minimum atomic E-state index is -4.04. The van der Waals surface area contributed by atoms with Crippen LogP contribution in [0.1, 0.15) is 43.0 Å². The number of unbranched alkanes of at least 4 members (excludes halogenated alkanes) is 1. The van der Waals surface area contributed by atoms with Gasteiger partial charge in [0.2, 0.25) is 0 Å². The topological polar surface area (TPSA) is 78.5 Å². The second-order valence-corrected chi connectivity index (χ2v) is 10.6. The van der Waals surface area contributed by atoms with Crippen LogP contribution in [0.25, 0.3) is 0 Å². The largest absolute Gasteiger partial charge is 0.334 e. The number of carbonyl (C=O) groups excluding carboxylic acids is 1. The standard InChI is InChI=1S/C22H26Cl3N3O3S/c1-2-3-8-17-14-26-9-5-10-28(17)22(29)15-6-4-7-16(11-15)27-32(30,31)21-13-19(24)18(23)12-20(21)25/h4,6-7,11-13,17,26-27H,2-3,5,8-10,14H2,1H3. The number of nitrogens with zero attached hydrogens (tertiary/aromatic N) is 1. The number of hydrogen-bond donors (Lipinski definition) is 2. The first-order valence-electron chi connectivity index (χ1n) is 10.5. The van der Waals surface area contributed by atoms with Gasteiger partial charge in [0.1, 0.15) is 4.90 Å². The fraction of sp³-hybridized carbons (Fsp3) is 0.409. The molecule has 1 aliphatic rings. The molecule has 1 heterocycles. The van der Waals surface area contributed by atoms with Gasteiger partial charge < -0.3 is 10.2 Å². The van der Waals surface area contributed by atoms with E-state index in [-0.39, 0.29) is 37.6 Å². The molecule has 0 saturated carbocycles. The average molecular weight is 519 g/mol. The summed E-state index contributed by atoms with van der Waals surface area (Å²) in [6.07, 6.45) is 3.90. The van der Waals surface area contributed by atoms with Gasteiger partial charge in [-0.3, -0.25) is 9.52 Å². The van der Waals surface area contributed by atoms with Crippen molar-refractivity contribution in [3.8, 4) is 0 Å². The van der Waals surface area contributed by atoms with Gasteiger partial charge in [0.15, 0.2) is 0 Å². The highest BCUT2D eigenvalue weighted by Gasteiger charge is 2.26. The molecular formula is C22H26Cl3N3O3S. The van der Waals surface area contributed by atoms with Crippen molar-refractivity contribution in [1.29, 1.82) is 0 Å². The fourth-order valence-corrected chi connectivity index (χ4v) is 5.75. The number of anilines is 1. The van der Waals surface area contributed by atoms with Gasteiger partial charge >= 0.3 is 0 Å². The lowest BCUT2D eigenvalue weighted by Crippen LogP contribution is -2.43. The Balaban J connectivity index is 1.84. The predicted molar refractivity (Wildman–Crippen MR) is 131 cm³/mol. The summed E-state index contributed by atoms with van der Waals surface area (Å²) in [7, 11) is -4.04. The maximum Gasteiger partial charge on any atom is 0.263 e. The van der Waals surface area contributed by atoms with Crippen LogP contribution in [-0.2, 0) is 10.0 Å². The molecule has 0 radical (unpaired) electrons. The van der Waals surface area contributed by atoms with Crippen molar-refractivity contribution in [2.75, 3.05) is 24.4 Å². The predicted octanol–water partition coefficient (Wildman–Crippen LogP) is 5.44. The third-order valence-corrected chi connectivity index (χ3v) is 7.92. The van der Waals surface area contributed by atoms with Gasteiger partial charge in [0, 0.05) is 30.4 Å². The van der Waals surface area contributed by atoms with Crippen LogP contribution < -0.4 is 10.0 Å². The summed E-state index contributed by atoms with van der Waals surface area (Å²) >= 11 is 18.0. The van der Waals surface area contributed by atoms with Crippen molar-refractivity contribution in [3.63, 3.8) is 0 Å².